The largest absolute Gasteiger partial charge is 0.300 e. The zero-order valence-corrected chi connectivity index (χ0v) is 12.7. The molecule has 0 atom stereocenters. The smallest absolute Gasteiger partial charge is 0.236 e. The highest BCUT2D eigenvalue weighted by Crippen LogP contribution is 2.24. The van der Waals surface area contributed by atoms with Crippen LogP contribution < -0.4 is 5.32 Å². The zero-order chi connectivity index (χ0) is 13.7. The van der Waals surface area contributed by atoms with Gasteiger partial charge in [0.25, 0.3) is 0 Å². The molecule has 0 saturated carbocycles. The Morgan fingerprint density at radius 2 is 2.26 bits per heavy atom. The van der Waals surface area contributed by atoms with Gasteiger partial charge in [-0.3, -0.25) is 10.1 Å². The third kappa shape index (κ3) is 4.65. The van der Waals surface area contributed by atoms with E-state index in [2.05, 4.69) is 15.5 Å². The maximum atomic E-state index is 11.6. The molecular weight excluding hydrogens is 325 g/mol. The van der Waals surface area contributed by atoms with E-state index in [1.54, 1.807) is 17.6 Å². The molecule has 2 rings (SSSR count). The van der Waals surface area contributed by atoms with Crippen molar-refractivity contribution in [3.8, 4) is 0 Å². The summed E-state index contributed by atoms with van der Waals surface area (Å²) in [6.07, 6.45) is 0. The predicted octanol–water partition coefficient (Wildman–Crippen LogP) is 3.72. The SMILES string of the molecule is O=C(CSCc1ccc(Cl)cc1Cl)Nc1nncs1. The van der Waals surface area contributed by atoms with Crippen LogP contribution in [0.2, 0.25) is 10.0 Å². The van der Waals surface area contributed by atoms with Gasteiger partial charge in [0.2, 0.25) is 11.0 Å². The Bertz CT molecular complexity index is 563. The van der Waals surface area contributed by atoms with Gasteiger partial charge in [0, 0.05) is 15.8 Å². The monoisotopic (exact) mass is 333 g/mol. The fourth-order valence-electron chi connectivity index (χ4n) is 1.28. The summed E-state index contributed by atoms with van der Waals surface area (Å²) >= 11 is 14.6. The van der Waals surface area contributed by atoms with Crippen molar-refractivity contribution in [3.63, 3.8) is 0 Å². The number of rotatable bonds is 5. The maximum absolute atomic E-state index is 11.6. The molecule has 0 unspecified atom stereocenters. The van der Waals surface area contributed by atoms with Crippen molar-refractivity contribution in [2.24, 2.45) is 0 Å². The molecule has 8 heteroatoms. The lowest BCUT2D eigenvalue weighted by Gasteiger charge is -2.04. The van der Waals surface area contributed by atoms with E-state index in [1.165, 1.54) is 23.1 Å². The molecule has 1 amide bonds. The molecule has 0 bridgehead atoms. The van der Waals surface area contributed by atoms with Crippen LogP contribution in [0.15, 0.2) is 23.7 Å². The van der Waals surface area contributed by atoms with Gasteiger partial charge in [-0.1, -0.05) is 40.6 Å². The van der Waals surface area contributed by atoms with Gasteiger partial charge < -0.3 is 0 Å². The second kappa shape index (κ2) is 7.09. The van der Waals surface area contributed by atoms with Crippen molar-refractivity contribution in [3.05, 3.63) is 39.3 Å². The summed E-state index contributed by atoms with van der Waals surface area (Å²) in [6, 6.07) is 5.34. The molecule has 19 heavy (non-hydrogen) atoms. The topological polar surface area (TPSA) is 54.9 Å². The van der Waals surface area contributed by atoms with Gasteiger partial charge >= 0.3 is 0 Å². The van der Waals surface area contributed by atoms with Crippen molar-refractivity contribution < 1.29 is 4.79 Å². The molecule has 4 nitrogen and oxygen atoms in total. The van der Waals surface area contributed by atoms with E-state index in [4.69, 9.17) is 23.2 Å². The highest BCUT2D eigenvalue weighted by atomic mass is 35.5. The van der Waals surface area contributed by atoms with Crippen LogP contribution in [0.4, 0.5) is 5.13 Å². The number of hydrogen-bond donors (Lipinski definition) is 1. The molecule has 1 aromatic carbocycles. The van der Waals surface area contributed by atoms with E-state index < -0.39 is 0 Å². The Morgan fingerprint density at radius 3 is 2.95 bits per heavy atom. The number of halogens is 2. The summed E-state index contributed by atoms with van der Waals surface area (Å²) in [5.74, 6) is 0.879. The number of aromatic nitrogens is 2. The lowest BCUT2D eigenvalue weighted by atomic mass is 10.2. The first-order valence-corrected chi connectivity index (χ1v) is 8.02. The van der Waals surface area contributed by atoms with E-state index in [0.717, 1.165) is 5.56 Å². The second-order valence-electron chi connectivity index (χ2n) is 3.52. The standard InChI is InChI=1S/C11H9Cl2N3OS2/c12-8-2-1-7(9(13)3-8)4-18-5-10(17)15-11-16-14-6-19-11/h1-3,6H,4-5H2,(H,15,16,17). The van der Waals surface area contributed by atoms with Crippen LogP contribution in [-0.4, -0.2) is 21.9 Å². The number of hydrogen-bond acceptors (Lipinski definition) is 5. The second-order valence-corrected chi connectivity index (χ2v) is 6.18. The number of carbonyl (C=O) groups is 1. The van der Waals surface area contributed by atoms with Gasteiger partial charge in [-0.15, -0.1) is 22.0 Å². The number of benzene rings is 1. The Labute approximate surface area is 128 Å². The summed E-state index contributed by atoms with van der Waals surface area (Å²) in [4.78, 5) is 11.6. The third-order valence-electron chi connectivity index (χ3n) is 2.11. The van der Waals surface area contributed by atoms with Gasteiger partial charge in [-0.2, -0.15) is 0 Å². The summed E-state index contributed by atoms with van der Waals surface area (Å²) in [7, 11) is 0. The Hall–Kier alpha value is -0.820. The molecule has 0 spiro atoms. The minimum Gasteiger partial charge on any atom is -0.300 e. The maximum Gasteiger partial charge on any atom is 0.236 e. The van der Waals surface area contributed by atoms with Crippen molar-refractivity contribution in [1.82, 2.24) is 10.2 Å². The average molecular weight is 334 g/mol. The van der Waals surface area contributed by atoms with Crippen molar-refractivity contribution in [2.45, 2.75) is 5.75 Å². The molecule has 1 heterocycles. The van der Waals surface area contributed by atoms with Gasteiger partial charge in [-0.25, -0.2) is 0 Å². The highest BCUT2D eigenvalue weighted by Gasteiger charge is 2.06. The summed E-state index contributed by atoms with van der Waals surface area (Å²) in [5.41, 5.74) is 2.52. The number of carbonyl (C=O) groups excluding carboxylic acids is 1. The van der Waals surface area contributed by atoms with Crippen LogP contribution in [0, 0.1) is 0 Å². The van der Waals surface area contributed by atoms with Crippen molar-refractivity contribution in [1.29, 1.82) is 0 Å². The molecule has 0 saturated heterocycles. The van der Waals surface area contributed by atoms with E-state index >= 15 is 0 Å². The Balaban J connectivity index is 1.78. The molecule has 0 aliphatic rings. The van der Waals surface area contributed by atoms with E-state index in [0.29, 0.717) is 26.7 Å². The number of anilines is 1. The molecule has 1 N–H and O–H groups in total. The Kier molecular flexibility index (Phi) is 5.45. The number of nitrogens with zero attached hydrogens (tertiary/aromatic N) is 2. The third-order valence-corrected chi connectivity index (χ3v) is 4.29. The molecule has 100 valence electrons. The lowest BCUT2D eigenvalue weighted by Crippen LogP contribution is -2.14. The lowest BCUT2D eigenvalue weighted by molar-refractivity contribution is -0.113. The molecule has 0 radical (unpaired) electrons. The fourth-order valence-corrected chi connectivity index (χ4v) is 3.12. The van der Waals surface area contributed by atoms with Gasteiger partial charge in [0.05, 0.1) is 5.75 Å². The number of nitrogens with one attached hydrogen (secondary N) is 1. The zero-order valence-electron chi connectivity index (χ0n) is 9.60. The van der Waals surface area contributed by atoms with Crippen LogP contribution in [0.3, 0.4) is 0 Å². The van der Waals surface area contributed by atoms with Crippen LogP contribution in [-0.2, 0) is 10.5 Å². The van der Waals surface area contributed by atoms with E-state index in [1.807, 2.05) is 6.07 Å². The normalized spacial score (nSPS) is 10.4. The van der Waals surface area contributed by atoms with Gasteiger partial charge in [0.1, 0.15) is 5.51 Å². The number of amides is 1. The van der Waals surface area contributed by atoms with Crippen LogP contribution >= 0.6 is 46.3 Å². The predicted molar refractivity (Wildman–Crippen MR) is 81.2 cm³/mol. The highest BCUT2D eigenvalue weighted by molar-refractivity contribution is 7.99. The fraction of sp³-hybridized carbons (Fsp3) is 0.182. The van der Waals surface area contributed by atoms with Crippen LogP contribution in [0.25, 0.3) is 0 Å². The van der Waals surface area contributed by atoms with Crippen LogP contribution in [0.5, 0.6) is 0 Å². The van der Waals surface area contributed by atoms with E-state index in [9.17, 15) is 4.79 Å². The molecule has 0 aliphatic carbocycles. The quantitative estimate of drug-likeness (QED) is 0.905. The number of thioether (sulfide) groups is 1. The van der Waals surface area contributed by atoms with Crippen molar-refractivity contribution in [2.75, 3.05) is 11.1 Å². The molecule has 0 aliphatic heterocycles. The molecule has 1 aromatic heterocycles. The minimum atomic E-state index is -0.105. The van der Waals surface area contributed by atoms with Gasteiger partial charge in [-0.05, 0) is 17.7 Å². The van der Waals surface area contributed by atoms with Crippen LogP contribution in [0.1, 0.15) is 5.56 Å². The average Bonchev–Trinajstić information content (AvgIpc) is 2.84. The first-order chi connectivity index (χ1) is 9.15. The summed E-state index contributed by atoms with van der Waals surface area (Å²) in [6.45, 7) is 0. The summed E-state index contributed by atoms with van der Waals surface area (Å²) < 4.78 is 0. The Morgan fingerprint density at radius 1 is 1.42 bits per heavy atom. The molecule has 2 aromatic rings. The summed E-state index contributed by atoms with van der Waals surface area (Å²) in [5, 5.41) is 11.8. The van der Waals surface area contributed by atoms with Gasteiger partial charge in [0.15, 0.2) is 0 Å². The minimum absolute atomic E-state index is 0.105. The first-order valence-electron chi connectivity index (χ1n) is 5.23. The first kappa shape index (κ1) is 14.6. The molecule has 0 fully saturated rings. The van der Waals surface area contributed by atoms with E-state index in [-0.39, 0.29) is 5.91 Å². The van der Waals surface area contributed by atoms with Crippen molar-refractivity contribution >= 4 is 57.3 Å². The molecular formula is C11H9Cl2N3OS2.